The number of nitrogens with two attached hydrogens (primary N) is 1. The second-order valence-electron chi connectivity index (χ2n) is 9.85. The van der Waals surface area contributed by atoms with Crippen molar-refractivity contribution in [3.63, 3.8) is 0 Å². The van der Waals surface area contributed by atoms with Gasteiger partial charge in [0.15, 0.2) is 0 Å². The lowest BCUT2D eigenvalue weighted by Crippen LogP contribution is -2.32. The van der Waals surface area contributed by atoms with Crippen molar-refractivity contribution >= 4 is 28.0 Å². The van der Waals surface area contributed by atoms with Crippen LogP contribution in [0, 0.1) is 17.7 Å². The minimum absolute atomic E-state index is 0.183. The number of aromatic amines is 3. The molecule has 2 fully saturated rings. The predicted molar refractivity (Wildman–Crippen MR) is 137 cm³/mol. The van der Waals surface area contributed by atoms with Crippen molar-refractivity contribution in [2.45, 2.75) is 11.8 Å². The lowest BCUT2D eigenvalue weighted by atomic mass is 9.91. The van der Waals surface area contributed by atoms with E-state index in [1.165, 1.54) is 6.07 Å². The molecule has 3 aromatic heterocycles. The number of nitrogens with one attached hydrogen (secondary N) is 3. The summed E-state index contributed by atoms with van der Waals surface area (Å²) in [6.07, 6.45) is 2.67. The van der Waals surface area contributed by atoms with E-state index in [1.54, 1.807) is 19.4 Å². The summed E-state index contributed by atoms with van der Waals surface area (Å²) in [6, 6.07) is 10.7. The van der Waals surface area contributed by atoms with E-state index >= 15 is 0 Å². The summed E-state index contributed by atoms with van der Waals surface area (Å²) in [5.74, 6) is 1.71. The Morgan fingerprint density at radius 3 is 2.92 bits per heavy atom. The Bertz CT molecular complexity index is 1720. The van der Waals surface area contributed by atoms with Gasteiger partial charge >= 0.3 is 5.69 Å². The van der Waals surface area contributed by atoms with Gasteiger partial charge in [-0.2, -0.15) is 5.10 Å². The molecule has 4 heterocycles. The Hall–Kier alpha value is -4.25. The van der Waals surface area contributed by atoms with E-state index in [2.05, 4.69) is 25.1 Å². The first-order chi connectivity index (χ1) is 18.0. The number of rotatable bonds is 5. The second kappa shape index (κ2) is 7.87. The summed E-state index contributed by atoms with van der Waals surface area (Å²) in [6.45, 7) is 1.96. The summed E-state index contributed by atoms with van der Waals surface area (Å²) < 4.78 is 20.2. The van der Waals surface area contributed by atoms with Crippen molar-refractivity contribution in [1.29, 1.82) is 0 Å². The average Bonchev–Trinajstić information content (AvgIpc) is 3.16. The number of aromatic nitrogens is 6. The minimum Gasteiger partial charge on any atom is -0.494 e. The molecule has 7 rings (SSSR count). The van der Waals surface area contributed by atoms with E-state index in [1.807, 2.05) is 24.3 Å². The maximum Gasteiger partial charge on any atom is 0.323 e. The SMILES string of the molecule is COc1cc(-c2[nH]nc3nc(N4CC[C@@H]5[C@H](C4)[C@@]5(CN)c4ccccc4F)cnc23)cc2[nH]c(=O)[nH]c12. The van der Waals surface area contributed by atoms with Crippen LogP contribution >= 0.6 is 0 Å². The first-order valence-electron chi connectivity index (χ1n) is 12.2. The highest BCUT2D eigenvalue weighted by Crippen LogP contribution is 2.63. The lowest BCUT2D eigenvalue weighted by Gasteiger charge is -2.26. The molecule has 3 atom stereocenters. The zero-order valence-electron chi connectivity index (χ0n) is 20.1. The monoisotopic (exact) mass is 500 g/mol. The summed E-state index contributed by atoms with van der Waals surface area (Å²) in [4.78, 5) is 29.0. The van der Waals surface area contributed by atoms with Crippen molar-refractivity contribution in [3.05, 3.63) is 64.5 Å². The van der Waals surface area contributed by atoms with Crippen LogP contribution in [0.2, 0.25) is 0 Å². The van der Waals surface area contributed by atoms with Crippen LogP contribution in [0.3, 0.4) is 0 Å². The van der Waals surface area contributed by atoms with Gasteiger partial charge in [-0.1, -0.05) is 18.2 Å². The largest absolute Gasteiger partial charge is 0.494 e. The number of benzene rings is 2. The van der Waals surface area contributed by atoms with Gasteiger partial charge in [0.1, 0.15) is 28.4 Å². The van der Waals surface area contributed by atoms with E-state index in [-0.39, 0.29) is 22.8 Å². The minimum atomic E-state index is -0.325. The molecule has 1 saturated carbocycles. The summed E-state index contributed by atoms with van der Waals surface area (Å²) in [7, 11) is 1.55. The molecule has 1 aliphatic heterocycles. The number of anilines is 1. The van der Waals surface area contributed by atoms with Crippen LogP contribution in [0.25, 0.3) is 33.5 Å². The van der Waals surface area contributed by atoms with Gasteiger partial charge in [-0.25, -0.2) is 19.2 Å². The summed E-state index contributed by atoms with van der Waals surface area (Å²) >= 11 is 0. The standard InChI is InChI=1S/C26H25FN8O2/c1-37-19-9-13(8-18-22(19)32-25(36)30-18)21-23-24(34-33-21)31-20(10-29-23)35-7-6-14-16(11-35)26(14,12-28)15-4-2-3-5-17(15)27/h2-5,8-10,14,16H,6-7,11-12,28H2,1H3,(H2,30,32,36)(H,31,33,34)/t14-,16+,26-/m1/s1. The van der Waals surface area contributed by atoms with Gasteiger partial charge in [-0.15, -0.1) is 0 Å². The van der Waals surface area contributed by atoms with E-state index in [9.17, 15) is 9.18 Å². The molecule has 2 aromatic carbocycles. The summed E-state index contributed by atoms with van der Waals surface area (Å²) in [5, 5.41) is 7.45. The number of hydrogen-bond acceptors (Lipinski definition) is 7. The Morgan fingerprint density at radius 2 is 2.11 bits per heavy atom. The van der Waals surface area contributed by atoms with E-state index < -0.39 is 0 Å². The smallest absolute Gasteiger partial charge is 0.323 e. The van der Waals surface area contributed by atoms with E-state index in [0.717, 1.165) is 36.5 Å². The Balaban J connectivity index is 1.20. The number of piperidine rings is 1. The summed E-state index contributed by atoms with van der Waals surface area (Å²) in [5.41, 5.74) is 10.1. The van der Waals surface area contributed by atoms with Crippen LogP contribution < -0.4 is 21.1 Å². The normalized spacial score (nSPS) is 22.9. The fourth-order valence-corrected chi connectivity index (χ4v) is 6.39. The predicted octanol–water partition coefficient (Wildman–Crippen LogP) is 2.69. The van der Waals surface area contributed by atoms with Gasteiger partial charge in [0.05, 0.1) is 24.5 Å². The zero-order valence-corrected chi connectivity index (χ0v) is 20.1. The number of hydrogen-bond donors (Lipinski definition) is 4. The first-order valence-corrected chi connectivity index (χ1v) is 12.2. The van der Waals surface area contributed by atoms with Crippen molar-refractivity contribution in [2.24, 2.45) is 17.6 Å². The third-order valence-corrected chi connectivity index (χ3v) is 8.21. The number of nitrogens with zero attached hydrogens (tertiary/aromatic N) is 4. The molecule has 10 nitrogen and oxygen atoms in total. The number of methoxy groups -OCH3 is 1. The van der Waals surface area contributed by atoms with Crippen LogP contribution in [-0.2, 0) is 5.41 Å². The highest BCUT2D eigenvalue weighted by Gasteiger charge is 2.66. The molecule has 1 saturated heterocycles. The fraction of sp³-hybridized carbons (Fsp3) is 0.308. The third kappa shape index (κ3) is 3.13. The van der Waals surface area contributed by atoms with Gasteiger partial charge < -0.3 is 25.3 Å². The van der Waals surface area contributed by atoms with Crippen LogP contribution in [-0.4, -0.2) is 56.9 Å². The van der Waals surface area contributed by atoms with Crippen LogP contribution in [0.1, 0.15) is 12.0 Å². The molecule has 37 heavy (non-hydrogen) atoms. The van der Waals surface area contributed by atoms with Crippen molar-refractivity contribution in [3.8, 4) is 17.0 Å². The molecule has 0 bridgehead atoms. The van der Waals surface area contributed by atoms with E-state index in [4.69, 9.17) is 20.4 Å². The van der Waals surface area contributed by atoms with Crippen LogP contribution in [0.5, 0.6) is 5.75 Å². The van der Waals surface area contributed by atoms with Crippen molar-refractivity contribution in [2.75, 3.05) is 31.6 Å². The van der Waals surface area contributed by atoms with Gasteiger partial charge in [-0.05, 0) is 42.0 Å². The maximum atomic E-state index is 14.7. The third-order valence-electron chi connectivity index (χ3n) is 8.21. The molecular weight excluding hydrogens is 475 g/mol. The molecule has 0 unspecified atom stereocenters. The second-order valence-corrected chi connectivity index (χ2v) is 9.85. The topological polar surface area (TPSA) is 142 Å². The maximum absolute atomic E-state index is 14.7. The number of H-pyrrole nitrogens is 3. The Labute approximate surface area is 210 Å². The zero-order chi connectivity index (χ0) is 25.3. The number of ether oxygens (including phenoxy) is 1. The first kappa shape index (κ1) is 22.0. The average molecular weight is 501 g/mol. The number of halogens is 1. The van der Waals surface area contributed by atoms with Crippen molar-refractivity contribution in [1.82, 2.24) is 30.1 Å². The molecule has 188 valence electrons. The van der Waals surface area contributed by atoms with Crippen LogP contribution in [0.15, 0.2) is 47.4 Å². The number of imidazole rings is 1. The highest BCUT2D eigenvalue weighted by atomic mass is 19.1. The lowest BCUT2D eigenvalue weighted by molar-refractivity contribution is 0.419. The molecule has 0 amide bonds. The molecule has 1 aliphatic carbocycles. The van der Waals surface area contributed by atoms with Crippen molar-refractivity contribution < 1.29 is 9.13 Å². The van der Waals surface area contributed by atoms with Gasteiger partial charge in [0, 0.05) is 30.6 Å². The molecule has 5 N–H and O–H groups in total. The highest BCUT2D eigenvalue weighted by molar-refractivity contribution is 5.93. The van der Waals surface area contributed by atoms with Gasteiger partial charge in [0.25, 0.3) is 0 Å². The quantitative estimate of drug-likeness (QED) is 0.291. The fourth-order valence-electron chi connectivity index (χ4n) is 6.39. The molecule has 0 spiro atoms. The molecular formula is C26H25FN8O2. The van der Waals surface area contributed by atoms with E-state index in [0.29, 0.717) is 46.1 Å². The molecule has 11 heteroatoms. The Morgan fingerprint density at radius 1 is 1.24 bits per heavy atom. The molecule has 5 aromatic rings. The number of fused-ring (bicyclic) bond motifs is 3. The van der Waals surface area contributed by atoms with Gasteiger partial charge in [-0.3, -0.25) is 5.10 Å². The Kier molecular flexibility index (Phi) is 4.68. The van der Waals surface area contributed by atoms with Gasteiger partial charge in [0.2, 0.25) is 5.65 Å². The molecule has 2 aliphatic rings. The van der Waals surface area contributed by atoms with Crippen LogP contribution in [0.4, 0.5) is 10.2 Å². The molecule has 0 radical (unpaired) electrons.